The van der Waals surface area contributed by atoms with Gasteiger partial charge in [0.15, 0.2) is 0 Å². The van der Waals surface area contributed by atoms with Gasteiger partial charge >= 0.3 is 0 Å². The molecule has 134 valence electrons. The summed E-state index contributed by atoms with van der Waals surface area (Å²) in [5, 5.41) is 5.35. The first kappa shape index (κ1) is 16.8. The number of fused-ring (bicyclic) bond motifs is 11. The zero-order chi connectivity index (χ0) is 18.8. The van der Waals surface area contributed by atoms with Crippen molar-refractivity contribution in [2.75, 3.05) is 0 Å². The molecule has 0 nitrogen and oxygen atoms in total. The summed E-state index contributed by atoms with van der Waals surface area (Å²) in [5.74, 6) is 0.704. The number of benzene rings is 4. The lowest BCUT2D eigenvalue weighted by Crippen LogP contribution is -2.17. The van der Waals surface area contributed by atoms with Gasteiger partial charge < -0.3 is 0 Å². The molecule has 28 heavy (non-hydrogen) atoms. The van der Waals surface area contributed by atoms with Crippen molar-refractivity contribution in [3.05, 3.63) is 105 Å². The molecule has 0 bridgehead atoms. The van der Waals surface area contributed by atoms with Crippen molar-refractivity contribution in [2.24, 2.45) is 0 Å². The van der Waals surface area contributed by atoms with E-state index in [1.807, 2.05) is 0 Å². The lowest BCUT2D eigenvalue weighted by molar-refractivity contribution is 0.725. The van der Waals surface area contributed by atoms with E-state index >= 15 is 0 Å². The van der Waals surface area contributed by atoms with E-state index in [4.69, 9.17) is 0 Å². The van der Waals surface area contributed by atoms with Crippen molar-refractivity contribution in [1.29, 1.82) is 0 Å². The van der Waals surface area contributed by atoms with Crippen molar-refractivity contribution in [1.82, 2.24) is 0 Å². The highest BCUT2D eigenvalue weighted by Gasteiger charge is 2.35. The van der Waals surface area contributed by atoms with Crippen LogP contribution in [0.2, 0.25) is 0 Å². The molecule has 0 amide bonds. The Hall–Kier alpha value is -2.16. The van der Waals surface area contributed by atoms with Crippen LogP contribution in [0.1, 0.15) is 23.0 Å². The topological polar surface area (TPSA) is 0 Å². The molecule has 0 spiro atoms. The van der Waals surface area contributed by atoms with E-state index in [0.717, 1.165) is 8.96 Å². The first-order chi connectivity index (χ1) is 13.7. The van der Waals surface area contributed by atoms with Gasteiger partial charge in [0.05, 0.1) is 0 Å². The molecule has 2 aliphatic carbocycles. The predicted octanol–water partition coefficient (Wildman–Crippen LogP) is 8.45. The van der Waals surface area contributed by atoms with Gasteiger partial charge in [0.25, 0.3) is 0 Å². The van der Waals surface area contributed by atoms with Crippen LogP contribution in [0.5, 0.6) is 0 Å². The largest absolute Gasteiger partial charge is 0.0749 e. The van der Waals surface area contributed by atoms with Crippen LogP contribution in [0, 0.1) is 0 Å². The molecule has 0 radical (unpaired) electrons. The summed E-state index contributed by atoms with van der Waals surface area (Å²) < 4.78 is 2.29. The predicted molar refractivity (Wildman–Crippen MR) is 126 cm³/mol. The van der Waals surface area contributed by atoms with Gasteiger partial charge in [-0.3, -0.25) is 0 Å². The van der Waals surface area contributed by atoms with Gasteiger partial charge in [-0.25, -0.2) is 0 Å². The summed E-state index contributed by atoms with van der Waals surface area (Å²) in [6.45, 7) is 0. The van der Waals surface area contributed by atoms with Crippen LogP contribution in [0.4, 0.5) is 0 Å². The fourth-order valence-electron chi connectivity index (χ4n) is 5.05. The molecular weight excluding hydrogens is 472 g/mol. The molecule has 2 heteroatoms. The van der Waals surface area contributed by atoms with Crippen molar-refractivity contribution in [3.8, 4) is 11.1 Å². The molecule has 2 atom stereocenters. The zero-order valence-corrected chi connectivity index (χ0v) is 18.2. The van der Waals surface area contributed by atoms with E-state index in [2.05, 4.69) is 117 Å². The molecule has 0 aliphatic heterocycles. The Bertz CT molecular complexity index is 1340. The number of allylic oxidation sites excluding steroid dienone is 4. The Morgan fingerprint density at radius 1 is 0.679 bits per heavy atom. The summed E-state index contributed by atoms with van der Waals surface area (Å²) in [7, 11) is 0. The Balaban J connectivity index is 1.88. The van der Waals surface area contributed by atoms with Gasteiger partial charge in [0, 0.05) is 20.8 Å². The monoisotopic (exact) mass is 486 g/mol. The van der Waals surface area contributed by atoms with E-state index < -0.39 is 0 Å². The van der Waals surface area contributed by atoms with Crippen molar-refractivity contribution in [2.45, 2.75) is 11.8 Å². The average Bonchev–Trinajstić information content (AvgIpc) is 2.73. The first-order valence-corrected chi connectivity index (χ1v) is 11.1. The maximum absolute atomic E-state index is 3.73. The van der Waals surface area contributed by atoms with Gasteiger partial charge in [-0.05, 0) is 55.9 Å². The van der Waals surface area contributed by atoms with Crippen LogP contribution in [0.3, 0.4) is 0 Å². The van der Waals surface area contributed by atoms with Gasteiger partial charge in [0.1, 0.15) is 0 Å². The summed E-state index contributed by atoms with van der Waals surface area (Å²) >= 11 is 7.45. The first-order valence-electron chi connectivity index (χ1n) is 9.51. The summed E-state index contributed by atoms with van der Waals surface area (Å²) in [5.41, 5.74) is 5.62. The third kappa shape index (κ3) is 2.28. The smallest absolute Gasteiger partial charge is 0.0181 e. The number of hydrogen-bond donors (Lipinski definition) is 0. The molecule has 6 rings (SSSR count). The molecule has 2 aliphatic rings. The minimum Gasteiger partial charge on any atom is -0.0749 e. The molecule has 0 saturated carbocycles. The van der Waals surface area contributed by atoms with E-state index in [9.17, 15) is 0 Å². The average molecular weight is 488 g/mol. The number of rotatable bonds is 0. The van der Waals surface area contributed by atoms with E-state index in [-0.39, 0.29) is 0 Å². The minimum absolute atomic E-state index is 0.331. The molecule has 0 saturated heterocycles. The number of hydrogen-bond acceptors (Lipinski definition) is 0. The second-order valence-corrected chi connectivity index (χ2v) is 9.41. The van der Waals surface area contributed by atoms with Crippen LogP contribution in [-0.2, 0) is 0 Å². The highest BCUT2D eigenvalue weighted by Crippen LogP contribution is 2.55. The Morgan fingerprint density at radius 2 is 1.43 bits per heavy atom. The van der Waals surface area contributed by atoms with Crippen LogP contribution < -0.4 is 0 Å². The maximum atomic E-state index is 3.73. The lowest BCUT2D eigenvalue weighted by atomic mass is 9.67. The van der Waals surface area contributed by atoms with Gasteiger partial charge in [-0.15, -0.1) is 0 Å². The molecule has 4 aromatic rings. The van der Waals surface area contributed by atoms with Crippen molar-refractivity contribution >= 4 is 53.4 Å². The summed E-state index contributed by atoms with van der Waals surface area (Å²) in [4.78, 5) is 0. The molecule has 4 aromatic carbocycles. The fraction of sp³-hybridized carbons (Fsp3) is 0.0769. The van der Waals surface area contributed by atoms with Gasteiger partial charge in [0.2, 0.25) is 0 Å². The lowest BCUT2D eigenvalue weighted by Gasteiger charge is -2.36. The zero-order valence-electron chi connectivity index (χ0n) is 15.0. The van der Waals surface area contributed by atoms with E-state index in [1.54, 1.807) is 0 Å². The van der Waals surface area contributed by atoms with Crippen LogP contribution in [-0.4, -0.2) is 0 Å². The molecular formula is C26H16Br2. The highest BCUT2D eigenvalue weighted by atomic mass is 79.9. The fourth-order valence-corrected chi connectivity index (χ4v) is 5.85. The Kier molecular flexibility index (Phi) is 3.69. The quantitative estimate of drug-likeness (QED) is 0.218. The summed E-state index contributed by atoms with van der Waals surface area (Å²) in [6.07, 6.45) is 6.94. The summed E-state index contributed by atoms with van der Waals surface area (Å²) in [6, 6.07) is 24.5. The van der Waals surface area contributed by atoms with Crippen LogP contribution >= 0.6 is 31.9 Å². The van der Waals surface area contributed by atoms with Crippen molar-refractivity contribution < 1.29 is 0 Å². The molecule has 0 N–H and O–H groups in total. The van der Waals surface area contributed by atoms with E-state index in [0.29, 0.717) is 11.8 Å². The van der Waals surface area contributed by atoms with Crippen molar-refractivity contribution in [3.63, 3.8) is 0 Å². The molecule has 2 unspecified atom stereocenters. The Labute approximate surface area is 180 Å². The Morgan fingerprint density at radius 3 is 2.32 bits per heavy atom. The molecule has 0 heterocycles. The molecule has 0 aromatic heterocycles. The van der Waals surface area contributed by atoms with Gasteiger partial charge in [-0.2, -0.15) is 0 Å². The second kappa shape index (κ2) is 6.17. The third-order valence-corrected chi connectivity index (χ3v) is 7.16. The standard InChI is InChI=1S/C26H16Br2/c27-15-9-11-19-17-5-1-3-7-21(17)25-24-14-16(28)10-12-20(24)18-6-2-4-8-22(18)26(25)23(19)13-15/h1-14,19,23H. The van der Waals surface area contributed by atoms with E-state index in [1.165, 1.54) is 43.8 Å². The SMILES string of the molecule is BrC1=CC2c3c(c4cc(Br)ccc4c4ccccc34)-c3ccccc3C2C=C1. The van der Waals surface area contributed by atoms with Crippen LogP contribution in [0.15, 0.2) is 93.9 Å². The van der Waals surface area contributed by atoms with Gasteiger partial charge in [-0.1, -0.05) is 105 Å². The third-order valence-electron chi connectivity index (χ3n) is 6.14. The highest BCUT2D eigenvalue weighted by molar-refractivity contribution is 9.12. The maximum Gasteiger partial charge on any atom is 0.0181 e. The second-order valence-electron chi connectivity index (χ2n) is 7.57. The number of halogens is 2. The normalized spacial score (nSPS) is 19.9. The molecule has 0 fully saturated rings. The van der Waals surface area contributed by atoms with Crippen LogP contribution in [0.25, 0.3) is 32.7 Å². The minimum atomic E-state index is 0.331.